The summed E-state index contributed by atoms with van der Waals surface area (Å²) in [5.41, 5.74) is 4.61. The largest absolute Gasteiger partial charge is 0.573 e. The highest BCUT2D eigenvalue weighted by Crippen LogP contribution is 2.23. The second-order valence-corrected chi connectivity index (χ2v) is 7.89. The number of carbonyl (C=O) groups is 2. The zero-order valence-corrected chi connectivity index (χ0v) is 17.5. The molecule has 13 heteroatoms. The third kappa shape index (κ3) is 8.07. The van der Waals surface area contributed by atoms with Crippen LogP contribution in [-0.4, -0.2) is 39.7 Å². The summed E-state index contributed by atoms with van der Waals surface area (Å²) in [4.78, 5) is 23.5. The second-order valence-electron chi connectivity index (χ2n) is 6.13. The highest BCUT2D eigenvalue weighted by Gasteiger charge is 2.31. The molecule has 9 nitrogen and oxygen atoms in total. The molecule has 0 aliphatic rings. The molecule has 0 aromatic heterocycles. The van der Waals surface area contributed by atoms with E-state index in [-0.39, 0.29) is 23.4 Å². The topological polar surface area (TPSA) is 123 Å². The molecule has 0 radical (unpaired) electrons. The van der Waals surface area contributed by atoms with Crippen LogP contribution in [0.25, 0.3) is 0 Å². The summed E-state index contributed by atoms with van der Waals surface area (Å²) in [7, 11) is -4.07. The van der Waals surface area contributed by atoms with E-state index in [0.29, 0.717) is 12.4 Å². The molecule has 0 saturated carbocycles. The van der Waals surface area contributed by atoms with Crippen LogP contribution in [0, 0.1) is 0 Å². The van der Waals surface area contributed by atoms with E-state index in [0.717, 1.165) is 24.3 Å². The Balaban J connectivity index is 1.78. The van der Waals surface area contributed by atoms with Gasteiger partial charge in [0.1, 0.15) is 11.5 Å². The van der Waals surface area contributed by atoms with Crippen LogP contribution in [0.2, 0.25) is 0 Å². The molecule has 0 heterocycles. The van der Waals surface area contributed by atoms with Crippen LogP contribution in [-0.2, 0) is 14.8 Å². The molecule has 0 spiro atoms. The van der Waals surface area contributed by atoms with Gasteiger partial charge in [0.15, 0.2) is 0 Å². The summed E-state index contributed by atoms with van der Waals surface area (Å²) in [5, 5.41) is 0. The van der Waals surface area contributed by atoms with Crippen molar-refractivity contribution in [2.75, 3.05) is 13.2 Å². The lowest BCUT2D eigenvalue weighted by Crippen LogP contribution is -2.42. The molecule has 2 amide bonds. The number of ether oxygens (including phenoxy) is 2. The zero-order valence-electron chi connectivity index (χ0n) is 16.7. The molecule has 3 N–H and O–H groups in total. The van der Waals surface area contributed by atoms with Gasteiger partial charge in [-0.1, -0.05) is 0 Å². The van der Waals surface area contributed by atoms with Crippen LogP contribution in [0.1, 0.15) is 23.7 Å². The highest BCUT2D eigenvalue weighted by molar-refractivity contribution is 7.89. The van der Waals surface area contributed by atoms with Crippen molar-refractivity contribution in [3.05, 3.63) is 54.1 Å². The number of carbonyl (C=O) groups excluding carboxylic acids is 2. The normalized spacial score (nSPS) is 11.5. The molecule has 32 heavy (non-hydrogen) atoms. The van der Waals surface area contributed by atoms with Gasteiger partial charge in [-0.25, -0.2) is 13.1 Å². The number of hydrogen-bond acceptors (Lipinski definition) is 6. The van der Waals surface area contributed by atoms with Crippen molar-refractivity contribution >= 4 is 21.8 Å². The molecule has 0 bridgehead atoms. The Bertz CT molecular complexity index is 1030. The first-order valence-corrected chi connectivity index (χ1v) is 10.7. The fourth-order valence-corrected chi connectivity index (χ4v) is 3.36. The number of nitrogens with one attached hydrogen (secondary N) is 3. The van der Waals surface area contributed by atoms with Crippen molar-refractivity contribution in [2.45, 2.75) is 24.6 Å². The van der Waals surface area contributed by atoms with E-state index >= 15 is 0 Å². The van der Waals surface area contributed by atoms with Crippen molar-refractivity contribution in [1.82, 2.24) is 15.6 Å². The Hall–Kier alpha value is -3.32. The maximum absolute atomic E-state index is 12.1. The standard InChI is InChI=1S/C19H20F3N3O6S/c1-2-30-14-5-3-13(4-6-14)18(27)25-24-17(26)11-12-23-32(28,29)16-9-7-15(8-10-16)31-19(20,21)22/h3-10,23H,2,11-12H2,1H3,(H,24,26)(H,25,27). The number of alkyl halides is 3. The summed E-state index contributed by atoms with van der Waals surface area (Å²) < 4.78 is 71.8. The highest BCUT2D eigenvalue weighted by atomic mass is 32.2. The van der Waals surface area contributed by atoms with Gasteiger partial charge in [-0.15, -0.1) is 13.2 Å². The fourth-order valence-electron chi connectivity index (χ4n) is 2.33. The minimum absolute atomic E-state index is 0.271. The number of halogens is 3. The average molecular weight is 475 g/mol. The molecule has 0 saturated heterocycles. The molecule has 2 aromatic rings. The maximum atomic E-state index is 12.1. The summed E-state index contributed by atoms with van der Waals surface area (Å²) >= 11 is 0. The summed E-state index contributed by atoms with van der Waals surface area (Å²) in [6.45, 7) is 1.98. The van der Waals surface area contributed by atoms with Gasteiger partial charge in [-0.05, 0) is 55.5 Å². The van der Waals surface area contributed by atoms with E-state index in [4.69, 9.17) is 4.74 Å². The third-order valence-corrected chi connectivity index (χ3v) is 5.23. The number of hydrogen-bond donors (Lipinski definition) is 3. The van der Waals surface area contributed by atoms with Crippen molar-refractivity contribution in [3.8, 4) is 11.5 Å². The van der Waals surface area contributed by atoms with Gasteiger partial charge in [0, 0.05) is 18.5 Å². The van der Waals surface area contributed by atoms with Crippen molar-refractivity contribution in [3.63, 3.8) is 0 Å². The molecule has 0 unspecified atom stereocenters. The van der Waals surface area contributed by atoms with Gasteiger partial charge >= 0.3 is 6.36 Å². The van der Waals surface area contributed by atoms with Gasteiger partial charge in [0.25, 0.3) is 5.91 Å². The predicted molar refractivity (Wildman–Crippen MR) is 106 cm³/mol. The maximum Gasteiger partial charge on any atom is 0.573 e. The minimum atomic E-state index is -4.89. The van der Waals surface area contributed by atoms with E-state index < -0.39 is 33.9 Å². The second kappa shape index (κ2) is 10.8. The zero-order chi connectivity index (χ0) is 23.8. The molecule has 174 valence electrons. The Labute approximate surface area is 181 Å². The molecule has 2 rings (SSSR count). The molecule has 0 atom stereocenters. The fraction of sp³-hybridized carbons (Fsp3) is 0.263. The summed E-state index contributed by atoms with van der Waals surface area (Å²) in [6, 6.07) is 9.77. The van der Waals surface area contributed by atoms with Crippen molar-refractivity contribution in [1.29, 1.82) is 0 Å². The van der Waals surface area contributed by atoms with Crippen LogP contribution in [0.3, 0.4) is 0 Å². The average Bonchev–Trinajstić information content (AvgIpc) is 2.72. The van der Waals surface area contributed by atoms with E-state index in [2.05, 4.69) is 20.3 Å². The Morgan fingerprint density at radius 2 is 1.53 bits per heavy atom. The van der Waals surface area contributed by atoms with Crippen LogP contribution in [0.15, 0.2) is 53.4 Å². The number of benzene rings is 2. The van der Waals surface area contributed by atoms with E-state index in [1.54, 1.807) is 12.1 Å². The Kier molecular flexibility index (Phi) is 8.43. The molecule has 2 aromatic carbocycles. The van der Waals surface area contributed by atoms with E-state index in [9.17, 15) is 31.2 Å². The van der Waals surface area contributed by atoms with Crippen LogP contribution in [0.5, 0.6) is 11.5 Å². The van der Waals surface area contributed by atoms with Gasteiger partial charge in [-0.3, -0.25) is 20.4 Å². The van der Waals surface area contributed by atoms with Crippen molar-refractivity contribution < 1.29 is 40.7 Å². The van der Waals surface area contributed by atoms with Gasteiger partial charge in [0.05, 0.1) is 11.5 Å². The monoisotopic (exact) mass is 475 g/mol. The first-order valence-electron chi connectivity index (χ1n) is 9.17. The number of sulfonamides is 1. The van der Waals surface area contributed by atoms with Gasteiger partial charge < -0.3 is 9.47 Å². The summed E-state index contributed by atoms with van der Waals surface area (Å²) in [6.07, 6.45) is -5.20. The summed E-state index contributed by atoms with van der Waals surface area (Å²) in [5.74, 6) is -1.23. The van der Waals surface area contributed by atoms with Gasteiger partial charge in [0.2, 0.25) is 15.9 Å². The molecule has 0 fully saturated rings. The molecular formula is C19H20F3N3O6S. The number of amides is 2. The number of hydrazine groups is 1. The smallest absolute Gasteiger partial charge is 0.494 e. The van der Waals surface area contributed by atoms with Crippen molar-refractivity contribution in [2.24, 2.45) is 0 Å². The van der Waals surface area contributed by atoms with Gasteiger partial charge in [-0.2, -0.15) is 0 Å². The van der Waals surface area contributed by atoms with Crippen LogP contribution < -0.4 is 25.0 Å². The van der Waals surface area contributed by atoms with Crippen LogP contribution >= 0.6 is 0 Å². The first kappa shape index (κ1) is 24.9. The van der Waals surface area contributed by atoms with E-state index in [1.165, 1.54) is 12.1 Å². The molecular weight excluding hydrogens is 455 g/mol. The Morgan fingerprint density at radius 3 is 2.09 bits per heavy atom. The molecule has 0 aliphatic carbocycles. The lowest BCUT2D eigenvalue weighted by Gasteiger charge is -2.11. The predicted octanol–water partition coefficient (Wildman–Crippen LogP) is 2.11. The SMILES string of the molecule is CCOc1ccc(C(=O)NNC(=O)CCNS(=O)(=O)c2ccc(OC(F)(F)F)cc2)cc1. The first-order chi connectivity index (χ1) is 15.0. The lowest BCUT2D eigenvalue weighted by atomic mass is 10.2. The van der Waals surface area contributed by atoms with E-state index in [1.807, 2.05) is 6.92 Å². The number of rotatable bonds is 9. The molecule has 0 aliphatic heterocycles. The quantitative estimate of drug-likeness (QED) is 0.478. The lowest BCUT2D eigenvalue weighted by molar-refractivity contribution is -0.274. The minimum Gasteiger partial charge on any atom is -0.494 e. The van der Waals surface area contributed by atoms with Crippen LogP contribution in [0.4, 0.5) is 13.2 Å². The Morgan fingerprint density at radius 1 is 0.938 bits per heavy atom. The third-order valence-electron chi connectivity index (χ3n) is 3.75.